The smallest absolute Gasteiger partial charge is 0.255 e. The zero-order chi connectivity index (χ0) is 17.3. The van der Waals surface area contributed by atoms with Crippen LogP contribution in [-0.2, 0) is 4.79 Å². The van der Waals surface area contributed by atoms with E-state index in [1.165, 1.54) is 0 Å². The van der Waals surface area contributed by atoms with Crippen LogP contribution in [0.1, 0.15) is 42.6 Å². The van der Waals surface area contributed by atoms with Crippen LogP contribution in [-0.4, -0.2) is 51.9 Å². The molecule has 2 fully saturated rings. The fraction of sp³-hybridized carbons (Fsp3) is 0.579. The zero-order valence-corrected chi connectivity index (χ0v) is 15.6. The first-order chi connectivity index (χ1) is 11.4. The van der Waals surface area contributed by atoms with Gasteiger partial charge in [0, 0.05) is 36.9 Å². The number of hydrogen-bond acceptors (Lipinski definition) is 3. The van der Waals surface area contributed by atoms with E-state index in [9.17, 15) is 9.59 Å². The maximum Gasteiger partial charge on any atom is 0.255 e. The lowest BCUT2D eigenvalue weighted by atomic mass is 9.99. The summed E-state index contributed by atoms with van der Waals surface area (Å²) in [5.41, 5.74) is 1.84. The molecule has 2 aliphatic heterocycles. The SMILES string of the molecule is Cc1ccccc1C(=O)N1CCSC12CCN(C(=O)C(C)C)CC2. The average Bonchev–Trinajstić information content (AvgIpc) is 2.98. The van der Waals surface area contributed by atoms with Crippen LogP contribution in [0.25, 0.3) is 0 Å². The molecule has 0 atom stereocenters. The molecule has 2 aliphatic rings. The minimum Gasteiger partial charge on any atom is -0.342 e. The number of piperidine rings is 1. The van der Waals surface area contributed by atoms with E-state index in [0.29, 0.717) is 0 Å². The second-order valence-electron chi connectivity index (χ2n) is 7.05. The second kappa shape index (κ2) is 6.79. The van der Waals surface area contributed by atoms with Gasteiger partial charge in [-0.1, -0.05) is 32.0 Å². The van der Waals surface area contributed by atoms with Gasteiger partial charge in [-0.2, -0.15) is 0 Å². The van der Waals surface area contributed by atoms with Crippen LogP contribution in [0.4, 0.5) is 0 Å². The molecule has 0 unspecified atom stereocenters. The van der Waals surface area contributed by atoms with Gasteiger partial charge in [0.25, 0.3) is 5.91 Å². The molecule has 2 saturated heterocycles. The summed E-state index contributed by atoms with van der Waals surface area (Å²) < 4.78 is 0. The minimum atomic E-state index is -0.132. The van der Waals surface area contributed by atoms with E-state index in [1.54, 1.807) is 0 Å². The molecule has 1 aromatic carbocycles. The predicted molar refractivity (Wildman–Crippen MR) is 98.1 cm³/mol. The van der Waals surface area contributed by atoms with E-state index in [4.69, 9.17) is 0 Å². The van der Waals surface area contributed by atoms with Crippen molar-refractivity contribution in [2.75, 3.05) is 25.4 Å². The highest BCUT2D eigenvalue weighted by molar-refractivity contribution is 8.00. The number of hydrogen-bond donors (Lipinski definition) is 0. The molecule has 0 bridgehead atoms. The van der Waals surface area contributed by atoms with Gasteiger partial charge < -0.3 is 9.80 Å². The third kappa shape index (κ3) is 3.06. The molecule has 0 saturated carbocycles. The lowest BCUT2D eigenvalue weighted by Crippen LogP contribution is -2.54. The van der Waals surface area contributed by atoms with Crippen LogP contribution in [0.2, 0.25) is 0 Å². The third-order valence-electron chi connectivity index (χ3n) is 5.15. The summed E-state index contributed by atoms with van der Waals surface area (Å²) in [7, 11) is 0. The van der Waals surface area contributed by atoms with Crippen LogP contribution in [0, 0.1) is 12.8 Å². The van der Waals surface area contributed by atoms with Crippen molar-refractivity contribution < 1.29 is 9.59 Å². The van der Waals surface area contributed by atoms with Crippen LogP contribution < -0.4 is 0 Å². The van der Waals surface area contributed by atoms with E-state index in [2.05, 4.69) is 4.90 Å². The maximum atomic E-state index is 13.1. The fourth-order valence-corrected chi connectivity index (χ4v) is 5.16. The van der Waals surface area contributed by atoms with E-state index in [1.807, 2.05) is 61.7 Å². The van der Waals surface area contributed by atoms with E-state index < -0.39 is 0 Å². The number of benzene rings is 1. The van der Waals surface area contributed by atoms with Crippen molar-refractivity contribution in [2.24, 2.45) is 5.92 Å². The van der Waals surface area contributed by atoms with Gasteiger partial charge in [-0.3, -0.25) is 9.59 Å². The topological polar surface area (TPSA) is 40.6 Å². The summed E-state index contributed by atoms with van der Waals surface area (Å²) in [5, 5.41) is 0. The lowest BCUT2D eigenvalue weighted by molar-refractivity contribution is -0.136. The Morgan fingerprint density at radius 2 is 1.79 bits per heavy atom. The molecule has 5 heteroatoms. The van der Waals surface area contributed by atoms with Crippen molar-refractivity contribution in [1.82, 2.24) is 9.80 Å². The number of thioether (sulfide) groups is 1. The molecule has 1 spiro atoms. The quantitative estimate of drug-likeness (QED) is 0.826. The third-order valence-corrected chi connectivity index (χ3v) is 6.70. The number of rotatable bonds is 2. The van der Waals surface area contributed by atoms with Crippen LogP contribution in [0.15, 0.2) is 24.3 Å². The molecule has 2 amide bonds. The Morgan fingerprint density at radius 3 is 2.42 bits per heavy atom. The zero-order valence-electron chi connectivity index (χ0n) is 14.7. The molecule has 0 radical (unpaired) electrons. The highest BCUT2D eigenvalue weighted by Crippen LogP contribution is 2.44. The second-order valence-corrected chi connectivity index (χ2v) is 8.50. The normalized spacial score (nSPS) is 20.0. The minimum absolute atomic E-state index is 0.0417. The molecule has 0 aliphatic carbocycles. The van der Waals surface area contributed by atoms with Crippen molar-refractivity contribution >= 4 is 23.6 Å². The van der Waals surface area contributed by atoms with Gasteiger partial charge in [0.05, 0.1) is 4.87 Å². The molecule has 1 aromatic rings. The van der Waals surface area contributed by atoms with Crippen LogP contribution >= 0.6 is 11.8 Å². The van der Waals surface area contributed by atoms with E-state index in [0.717, 1.165) is 49.4 Å². The van der Waals surface area contributed by atoms with Gasteiger partial charge in [-0.25, -0.2) is 0 Å². The number of aryl methyl sites for hydroxylation is 1. The van der Waals surface area contributed by atoms with Crippen molar-refractivity contribution in [1.29, 1.82) is 0 Å². The van der Waals surface area contributed by atoms with E-state index >= 15 is 0 Å². The summed E-state index contributed by atoms with van der Waals surface area (Å²) in [6.45, 7) is 8.20. The first-order valence-corrected chi connectivity index (χ1v) is 9.73. The Balaban J connectivity index is 1.76. The van der Waals surface area contributed by atoms with Gasteiger partial charge in [0.1, 0.15) is 0 Å². The Labute approximate surface area is 148 Å². The standard InChI is InChI=1S/C19H26N2O2S/c1-14(2)17(22)20-10-8-19(9-11-20)21(12-13-24-19)18(23)16-7-5-4-6-15(16)3/h4-7,14H,8-13H2,1-3H3. The van der Waals surface area contributed by atoms with Gasteiger partial charge in [0.15, 0.2) is 0 Å². The molecule has 130 valence electrons. The number of amides is 2. The highest BCUT2D eigenvalue weighted by Gasteiger charge is 2.47. The molecule has 24 heavy (non-hydrogen) atoms. The monoisotopic (exact) mass is 346 g/mol. The van der Waals surface area contributed by atoms with Crippen molar-refractivity contribution in [3.05, 3.63) is 35.4 Å². The predicted octanol–water partition coefficient (Wildman–Crippen LogP) is 3.16. The van der Waals surface area contributed by atoms with Crippen molar-refractivity contribution in [2.45, 2.75) is 38.5 Å². The molecular formula is C19H26N2O2S. The largest absolute Gasteiger partial charge is 0.342 e. The fourth-order valence-electron chi connectivity index (χ4n) is 3.71. The van der Waals surface area contributed by atoms with Crippen LogP contribution in [0.3, 0.4) is 0 Å². The number of carbonyl (C=O) groups excluding carboxylic acids is 2. The number of carbonyl (C=O) groups is 2. The molecule has 3 rings (SSSR count). The van der Waals surface area contributed by atoms with Crippen molar-refractivity contribution in [3.8, 4) is 0 Å². The van der Waals surface area contributed by atoms with Crippen molar-refractivity contribution in [3.63, 3.8) is 0 Å². The molecule has 0 aromatic heterocycles. The summed E-state index contributed by atoms with van der Waals surface area (Å²) in [6.07, 6.45) is 1.74. The number of nitrogens with zero attached hydrogens (tertiary/aromatic N) is 2. The highest BCUT2D eigenvalue weighted by atomic mass is 32.2. The number of likely N-dealkylation sites (tertiary alicyclic amines) is 1. The average molecular weight is 346 g/mol. The lowest BCUT2D eigenvalue weighted by Gasteiger charge is -2.44. The molecule has 2 heterocycles. The Kier molecular flexibility index (Phi) is 4.90. The van der Waals surface area contributed by atoms with Gasteiger partial charge >= 0.3 is 0 Å². The van der Waals surface area contributed by atoms with Gasteiger partial charge in [-0.05, 0) is 31.4 Å². The van der Waals surface area contributed by atoms with Gasteiger partial charge in [-0.15, -0.1) is 11.8 Å². The first-order valence-electron chi connectivity index (χ1n) is 8.75. The van der Waals surface area contributed by atoms with E-state index in [-0.39, 0.29) is 22.6 Å². The molecular weight excluding hydrogens is 320 g/mol. The summed E-state index contributed by atoms with van der Waals surface area (Å²) >= 11 is 1.89. The van der Waals surface area contributed by atoms with Gasteiger partial charge in [0.2, 0.25) is 5.91 Å². The van der Waals surface area contributed by atoms with Crippen LogP contribution in [0.5, 0.6) is 0 Å². The Hall–Kier alpha value is -1.49. The Morgan fingerprint density at radius 1 is 1.12 bits per heavy atom. The molecule has 4 nitrogen and oxygen atoms in total. The summed E-state index contributed by atoms with van der Waals surface area (Å²) in [4.78, 5) is 29.2. The Bertz CT molecular complexity index is 636. The summed E-state index contributed by atoms with van der Waals surface area (Å²) in [5.74, 6) is 1.39. The maximum absolute atomic E-state index is 13.1. The summed E-state index contributed by atoms with van der Waals surface area (Å²) in [6, 6.07) is 7.81. The first kappa shape index (κ1) is 17.3. The molecule has 0 N–H and O–H groups in total.